The first-order valence-corrected chi connectivity index (χ1v) is 9.45. The van der Waals surface area contributed by atoms with E-state index in [4.69, 9.17) is 0 Å². The summed E-state index contributed by atoms with van der Waals surface area (Å²) < 4.78 is 0. The van der Waals surface area contributed by atoms with Crippen molar-refractivity contribution in [3.8, 4) is 0 Å². The number of amides is 2. The van der Waals surface area contributed by atoms with E-state index in [2.05, 4.69) is 46.2 Å². The van der Waals surface area contributed by atoms with Crippen molar-refractivity contribution in [2.24, 2.45) is 0 Å². The van der Waals surface area contributed by atoms with E-state index < -0.39 is 5.41 Å². The number of piperidine rings is 1. The maximum Gasteiger partial charge on any atom is 0.236 e. The third-order valence-corrected chi connectivity index (χ3v) is 5.71. The van der Waals surface area contributed by atoms with Crippen LogP contribution in [0.25, 0.3) is 0 Å². The van der Waals surface area contributed by atoms with Gasteiger partial charge in [0.25, 0.3) is 0 Å². The van der Waals surface area contributed by atoms with Gasteiger partial charge >= 0.3 is 0 Å². The summed E-state index contributed by atoms with van der Waals surface area (Å²) in [6.45, 7) is 8.35. The number of benzene rings is 1. The zero-order valence-electron chi connectivity index (χ0n) is 16.1. The Morgan fingerprint density at radius 1 is 1.08 bits per heavy atom. The van der Waals surface area contributed by atoms with E-state index >= 15 is 0 Å². The average molecular weight is 358 g/mol. The molecule has 0 aromatic heterocycles. The summed E-state index contributed by atoms with van der Waals surface area (Å²) in [7, 11) is 4.22. The fourth-order valence-corrected chi connectivity index (χ4v) is 3.69. The van der Waals surface area contributed by atoms with Crippen molar-refractivity contribution in [1.29, 1.82) is 0 Å². The number of nitrogens with zero attached hydrogens (tertiary/aromatic N) is 3. The molecular weight excluding hydrogens is 328 g/mol. The van der Waals surface area contributed by atoms with Crippen molar-refractivity contribution < 1.29 is 9.59 Å². The molecule has 1 N–H and O–H groups in total. The molecule has 0 radical (unpaired) electrons. The quantitative estimate of drug-likeness (QED) is 0.798. The molecule has 2 aliphatic rings. The van der Waals surface area contributed by atoms with Crippen molar-refractivity contribution in [1.82, 2.24) is 15.1 Å². The Bertz CT molecular complexity index is 650. The van der Waals surface area contributed by atoms with Crippen molar-refractivity contribution in [3.05, 3.63) is 29.8 Å². The summed E-state index contributed by atoms with van der Waals surface area (Å²) in [5.74, 6) is -0.354. The summed E-state index contributed by atoms with van der Waals surface area (Å²) >= 11 is 0. The number of anilines is 1. The molecule has 0 saturated carbocycles. The second-order valence-electron chi connectivity index (χ2n) is 7.89. The van der Waals surface area contributed by atoms with Crippen molar-refractivity contribution >= 4 is 17.5 Å². The van der Waals surface area contributed by atoms with Crippen LogP contribution in [0.1, 0.15) is 25.3 Å². The molecule has 6 nitrogen and oxygen atoms in total. The van der Waals surface area contributed by atoms with Gasteiger partial charge in [0.1, 0.15) is 0 Å². The average Bonchev–Trinajstić information content (AvgIpc) is 2.64. The minimum atomic E-state index is -0.614. The molecule has 1 aromatic carbocycles. The van der Waals surface area contributed by atoms with Crippen LogP contribution >= 0.6 is 0 Å². The van der Waals surface area contributed by atoms with Gasteiger partial charge < -0.3 is 9.80 Å². The van der Waals surface area contributed by atoms with Gasteiger partial charge in [-0.3, -0.25) is 19.8 Å². The number of hydrogen-bond acceptors (Lipinski definition) is 5. The minimum absolute atomic E-state index is 0.170. The van der Waals surface area contributed by atoms with Gasteiger partial charge in [-0.25, -0.2) is 0 Å². The number of carbonyl (C=O) groups is 2. The molecule has 1 aromatic rings. The highest BCUT2D eigenvalue weighted by atomic mass is 16.2. The molecule has 0 unspecified atom stereocenters. The van der Waals surface area contributed by atoms with Gasteiger partial charge in [0.15, 0.2) is 0 Å². The lowest BCUT2D eigenvalue weighted by Crippen LogP contribution is -2.50. The fourth-order valence-electron chi connectivity index (χ4n) is 3.69. The molecule has 2 amide bonds. The largest absolute Gasteiger partial charge is 0.369 e. The first-order chi connectivity index (χ1) is 12.4. The van der Waals surface area contributed by atoms with E-state index in [9.17, 15) is 9.59 Å². The smallest absolute Gasteiger partial charge is 0.236 e. The Kier molecular flexibility index (Phi) is 5.63. The van der Waals surface area contributed by atoms with Gasteiger partial charge in [0.2, 0.25) is 11.8 Å². The lowest BCUT2D eigenvalue weighted by atomic mass is 9.75. The van der Waals surface area contributed by atoms with Crippen LogP contribution in [0.15, 0.2) is 24.3 Å². The highest BCUT2D eigenvalue weighted by Gasteiger charge is 2.39. The number of hydrogen-bond donors (Lipinski definition) is 1. The van der Waals surface area contributed by atoms with Crippen molar-refractivity contribution in [2.75, 3.05) is 58.3 Å². The number of carbonyl (C=O) groups excluding carboxylic acids is 2. The second kappa shape index (κ2) is 7.76. The Labute approximate surface area is 156 Å². The number of piperazine rings is 1. The van der Waals surface area contributed by atoms with Crippen LogP contribution in [-0.4, -0.2) is 75.0 Å². The van der Waals surface area contributed by atoms with Crippen molar-refractivity contribution in [3.63, 3.8) is 0 Å². The standard InChI is InChI=1S/C20H30N4O2/c1-20(9-8-18(25)21-19(20)26)16-4-6-17(7-5-16)24-14-12-23(13-15-24)11-10-22(2)3/h4-7H,8-15H2,1-3H3,(H,21,25,26)/t20-/m1/s1. The molecule has 3 rings (SSSR count). The van der Waals surface area contributed by atoms with Crippen LogP contribution in [0.2, 0.25) is 0 Å². The second-order valence-corrected chi connectivity index (χ2v) is 7.89. The summed E-state index contributed by atoms with van der Waals surface area (Å²) in [6.07, 6.45) is 0.973. The fraction of sp³-hybridized carbons (Fsp3) is 0.600. The maximum atomic E-state index is 12.3. The molecule has 6 heteroatoms. The van der Waals surface area contributed by atoms with Crippen LogP contribution in [0.4, 0.5) is 5.69 Å². The third kappa shape index (κ3) is 4.07. The molecule has 2 saturated heterocycles. The molecular formula is C20H30N4O2. The van der Waals surface area contributed by atoms with Crippen LogP contribution in [0.5, 0.6) is 0 Å². The molecule has 0 bridgehead atoms. The topological polar surface area (TPSA) is 55.9 Å². The molecule has 1 atom stereocenters. The Morgan fingerprint density at radius 3 is 2.31 bits per heavy atom. The molecule has 142 valence electrons. The zero-order valence-corrected chi connectivity index (χ0v) is 16.1. The molecule has 26 heavy (non-hydrogen) atoms. The molecule has 2 fully saturated rings. The lowest BCUT2D eigenvalue weighted by molar-refractivity contribution is -0.137. The van der Waals surface area contributed by atoms with E-state index in [1.165, 1.54) is 5.69 Å². The summed E-state index contributed by atoms with van der Waals surface area (Å²) in [6, 6.07) is 8.31. The normalized spacial score (nSPS) is 24.8. The van der Waals surface area contributed by atoms with Crippen LogP contribution in [-0.2, 0) is 15.0 Å². The number of imide groups is 1. The predicted octanol–water partition coefficient (Wildman–Crippen LogP) is 1.06. The Balaban J connectivity index is 1.60. The van der Waals surface area contributed by atoms with Gasteiger partial charge in [0, 0.05) is 51.4 Å². The Morgan fingerprint density at radius 2 is 1.73 bits per heavy atom. The van der Waals surface area contributed by atoms with Gasteiger partial charge in [0.05, 0.1) is 5.41 Å². The zero-order chi connectivity index (χ0) is 18.7. The lowest BCUT2D eigenvalue weighted by Gasteiger charge is -2.37. The van der Waals surface area contributed by atoms with E-state index in [-0.39, 0.29) is 11.8 Å². The van der Waals surface area contributed by atoms with Gasteiger partial charge in [-0.15, -0.1) is 0 Å². The van der Waals surface area contributed by atoms with E-state index in [1.54, 1.807) is 0 Å². The first-order valence-electron chi connectivity index (χ1n) is 9.45. The van der Waals surface area contributed by atoms with E-state index in [0.29, 0.717) is 12.8 Å². The van der Waals surface area contributed by atoms with Gasteiger partial charge in [-0.05, 0) is 45.1 Å². The summed E-state index contributed by atoms with van der Waals surface area (Å²) in [5, 5.41) is 2.47. The first kappa shape index (κ1) is 18.9. The minimum Gasteiger partial charge on any atom is -0.369 e. The van der Waals surface area contributed by atoms with Crippen LogP contribution in [0, 0.1) is 0 Å². The Hall–Kier alpha value is -1.92. The molecule has 2 heterocycles. The highest BCUT2D eigenvalue weighted by Crippen LogP contribution is 2.33. The molecule has 0 spiro atoms. The maximum absolute atomic E-state index is 12.3. The van der Waals surface area contributed by atoms with E-state index in [0.717, 1.165) is 44.8 Å². The van der Waals surface area contributed by atoms with Gasteiger partial charge in [-0.2, -0.15) is 0 Å². The van der Waals surface area contributed by atoms with Crippen LogP contribution < -0.4 is 10.2 Å². The SMILES string of the molecule is CN(C)CCN1CCN(c2ccc([C@@]3(C)CCC(=O)NC3=O)cc2)CC1. The van der Waals surface area contributed by atoms with Crippen LogP contribution in [0.3, 0.4) is 0 Å². The third-order valence-electron chi connectivity index (χ3n) is 5.71. The van der Waals surface area contributed by atoms with Gasteiger partial charge in [-0.1, -0.05) is 12.1 Å². The van der Waals surface area contributed by atoms with E-state index in [1.807, 2.05) is 19.1 Å². The number of nitrogens with one attached hydrogen (secondary N) is 1. The monoisotopic (exact) mass is 358 g/mol. The number of likely N-dealkylation sites (N-methyl/N-ethyl adjacent to an activating group) is 1. The molecule has 2 aliphatic heterocycles. The highest BCUT2D eigenvalue weighted by molar-refractivity contribution is 6.03. The summed E-state index contributed by atoms with van der Waals surface area (Å²) in [4.78, 5) is 30.9. The number of rotatable bonds is 5. The van der Waals surface area contributed by atoms with Crippen molar-refractivity contribution in [2.45, 2.75) is 25.2 Å². The summed E-state index contributed by atoms with van der Waals surface area (Å²) in [5.41, 5.74) is 1.57. The predicted molar refractivity (Wildman–Crippen MR) is 103 cm³/mol. The molecule has 0 aliphatic carbocycles.